The smallest absolute Gasteiger partial charge is 0.270 e. The van der Waals surface area contributed by atoms with E-state index in [0.717, 1.165) is 16.9 Å². The van der Waals surface area contributed by atoms with Crippen LogP contribution in [0.5, 0.6) is 0 Å². The predicted molar refractivity (Wildman–Crippen MR) is 101 cm³/mol. The third-order valence-electron chi connectivity index (χ3n) is 3.84. The molecule has 0 bridgehead atoms. The average molecular weight is 331 g/mol. The lowest BCUT2D eigenvalue weighted by atomic mass is 10.1. The molecule has 3 rings (SSSR count). The second-order valence-corrected chi connectivity index (χ2v) is 6.10. The first-order valence-corrected chi connectivity index (χ1v) is 8.24. The molecular formula is C21H21N3O. The highest BCUT2D eigenvalue weighted by Crippen LogP contribution is 2.17. The molecule has 0 saturated carbocycles. The van der Waals surface area contributed by atoms with Gasteiger partial charge in [-0.3, -0.25) is 4.79 Å². The molecule has 2 aromatic carbocycles. The molecule has 0 unspecified atom stereocenters. The van der Waals surface area contributed by atoms with Gasteiger partial charge in [-0.15, -0.1) is 0 Å². The minimum Gasteiger partial charge on any atom is -0.354 e. The maximum absolute atomic E-state index is 12.2. The lowest BCUT2D eigenvalue weighted by molar-refractivity contribution is 0.0946. The van der Waals surface area contributed by atoms with E-state index in [1.807, 2.05) is 56.3 Å². The van der Waals surface area contributed by atoms with Gasteiger partial charge in [-0.2, -0.15) is 0 Å². The number of hydrogen-bond acceptors (Lipinski definition) is 3. The monoisotopic (exact) mass is 331 g/mol. The molecule has 0 saturated heterocycles. The molecule has 0 aliphatic carbocycles. The second-order valence-electron chi connectivity index (χ2n) is 6.10. The van der Waals surface area contributed by atoms with Crippen molar-refractivity contribution in [1.29, 1.82) is 0 Å². The maximum atomic E-state index is 12.2. The highest BCUT2D eigenvalue weighted by Gasteiger charge is 2.07. The summed E-state index contributed by atoms with van der Waals surface area (Å²) in [6.45, 7) is 4.57. The van der Waals surface area contributed by atoms with Crippen LogP contribution in [0.25, 0.3) is 0 Å². The summed E-state index contributed by atoms with van der Waals surface area (Å²) in [6.07, 6.45) is 1.67. The molecule has 0 atom stereocenters. The van der Waals surface area contributed by atoms with Crippen molar-refractivity contribution in [3.63, 3.8) is 0 Å². The van der Waals surface area contributed by atoms with Crippen molar-refractivity contribution < 1.29 is 4.79 Å². The molecule has 0 fully saturated rings. The first-order valence-electron chi connectivity index (χ1n) is 8.24. The van der Waals surface area contributed by atoms with Crippen molar-refractivity contribution >= 4 is 17.3 Å². The highest BCUT2D eigenvalue weighted by molar-refractivity contribution is 5.92. The van der Waals surface area contributed by atoms with Gasteiger partial charge in [0.2, 0.25) is 0 Å². The Kier molecular flexibility index (Phi) is 5.09. The zero-order chi connectivity index (χ0) is 17.6. The number of aromatic nitrogens is 1. The quantitative estimate of drug-likeness (QED) is 0.730. The first-order chi connectivity index (χ1) is 12.1. The minimum absolute atomic E-state index is 0.177. The largest absolute Gasteiger partial charge is 0.354 e. The second kappa shape index (κ2) is 7.62. The predicted octanol–water partition coefficient (Wildman–Crippen LogP) is 4.37. The van der Waals surface area contributed by atoms with Gasteiger partial charge in [0.15, 0.2) is 0 Å². The third-order valence-corrected chi connectivity index (χ3v) is 3.84. The summed E-state index contributed by atoms with van der Waals surface area (Å²) in [5, 5.41) is 6.18. The van der Waals surface area contributed by atoms with E-state index in [0.29, 0.717) is 12.2 Å². The average Bonchev–Trinajstić information content (AvgIpc) is 2.60. The number of amides is 1. The summed E-state index contributed by atoms with van der Waals surface area (Å²) in [7, 11) is 0. The van der Waals surface area contributed by atoms with Gasteiger partial charge in [0.1, 0.15) is 5.69 Å². The Balaban J connectivity index is 1.60. The van der Waals surface area contributed by atoms with Crippen LogP contribution in [0.2, 0.25) is 0 Å². The van der Waals surface area contributed by atoms with Crippen LogP contribution in [0.4, 0.5) is 11.4 Å². The lowest BCUT2D eigenvalue weighted by Crippen LogP contribution is -2.23. The number of aryl methyl sites for hydroxylation is 2. The molecule has 0 aliphatic heterocycles. The summed E-state index contributed by atoms with van der Waals surface area (Å²) in [5.74, 6) is -0.177. The molecule has 1 heterocycles. The Morgan fingerprint density at radius 2 is 1.68 bits per heavy atom. The summed E-state index contributed by atoms with van der Waals surface area (Å²) in [5.41, 5.74) is 5.69. The Hall–Kier alpha value is -3.14. The van der Waals surface area contributed by atoms with Crippen molar-refractivity contribution in [3.05, 3.63) is 89.2 Å². The van der Waals surface area contributed by atoms with Crippen molar-refractivity contribution in [2.75, 3.05) is 5.32 Å². The van der Waals surface area contributed by atoms with E-state index in [9.17, 15) is 4.79 Å². The van der Waals surface area contributed by atoms with E-state index in [2.05, 4.69) is 27.8 Å². The third kappa shape index (κ3) is 4.67. The molecule has 2 N–H and O–H groups in total. The number of nitrogens with one attached hydrogen (secondary N) is 2. The van der Waals surface area contributed by atoms with Crippen LogP contribution in [0.3, 0.4) is 0 Å². The maximum Gasteiger partial charge on any atom is 0.270 e. The summed E-state index contributed by atoms with van der Waals surface area (Å²) in [4.78, 5) is 16.5. The van der Waals surface area contributed by atoms with Crippen molar-refractivity contribution in [2.45, 2.75) is 20.4 Å². The lowest BCUT2D eigenvalue weighted by Gasteiger charge is -2.08. The number of hydrogen-bond donors (Lipinski definition) is 2. The molecule has 25 heavy (non-hydrogen) atoms. The van der Waals surface area contributed by atoms with Gasteiger partial charge in [-0.05, 0) is 49.2 Å². The van der Waals surface area contributed by atoms with E-state index in [4.69, 9.17) is 0 Å². The summed E-state index contributed by atoms with van der Waals surface area (Å²) < 4.78 is 0. The van der Waals surface area contributed by atoms with E-state index in [1.165, 1.54) is 11.1 Å². The molecule has 0 spiro atoms. The van der Waals surface area contributed by atoms with Crippen LogP contribution >= 0.6 is 0 Å². The van der Waals surface area contributed by atoms with Gasteiger partial charge in [0.25, 0.3) is 5.91 Å². The topological polar surface area (TPSA) is 54.0 Å². The van der Waals surface area contributed by atoms with Crippen molar-refractivity contribution in [3.8, 4) is 0 Å². The standard InChI is InChI=1S/C21H21N3O/c1-15-5-3-7-17(11-15)13-23-21(25)20-10-9-19(14-22-20)24-18-8-4-6-16(2)12-18/h3-12,14,24H,13H2,1-2H3,(H,23,25). The Morgan fingerprint density at radius 3 is 2.36 bits per heavy atom. The van der Waals surface area contributed by atoms with Gasteiger partial charge in [-0.25, -0.2) is 4.98 Å². The van der Waals surface area contributed by atoms with Crippen LogP contribution in [-0.2, 0) is 6.54 Å². The number of carbonyl (C=O) groups excluding carboxylic acids is 1. The normalized spacial score (nSPS) is 10.3. The zero-order valence-corrected chi connectivity index (χ0v) is 14.4. The number of benzene rings is 2. The van der Waals surface area contributed by atoms with E-state index < -0.39 is 0 Å². The Morgan fingerprint density at radius 1 is 0.920 bits per heavy atom. The van der Waals surface area contributed by atoms with Gasteiger partial charge in [-0.1, -0.05) is 42.0 Å². The van der Waals surface area contributed by atoms with Crippen LogP contribution in [0.1, 0.15) is 27.2 Å². The molecule has 1 aromatic heterocycles. The van der Waals surface area contributed by atoms with Crippen LogP contribution in [0.15, 0.2) is 66.9 Å². The zero-order valence-electron chi connectivity index (χ0n) is 14.4. The van der Waals surface area contributed by atoms with Gasteiger partial charge in [0, 0.05) is 12.2 Å². The van der Waals surface area contributed by atoms with E-state index in [1.54, 1.807) is 12.3 Å². The molecular weight excluding hydrogens is 310 g/mol. The number of nitrogens with zero attached hydrogens (tertiary/aromatic N) is 1. The fraction of sp³-hybridized carbons (Fsp3) is 0.143. The fourth-order valence-electron chi connectivity index (χ4n) is 2.59. The van der Waals surface area contributed by atoms with Crippen LogP contribution in [0, 0.1) is 13.8 Å². The Labute approximate surface area is 147 Å². The first kappa shape index (κ1) is 16.7. The van der Waals surface area contributed by atoms with Crippen LogP contribution in [-0.4, -0.2) is 10.9 Å². The van der Waals surface area contributed by atoms with Crippen molar-refractivity contribution in [2.24, 2.45) is 0 Å². The number of carbonyl (C=O) groups is 1. The van der Waals surface area contributed by atoms with Gasteiger partial charge in [0.05, 0.1) is 11.9 Å². The number of anilines is 2. The van der Waals surface area contributed by atoms with Gasteiger partial charge >= 0.3 is 0 Å². The van der Waals surface area contributed by atoms with Crippen molar-refractivity contribution in [1.82, 2.24) is 10.3 Å². The molecule has 126 valence electrons. The minimum atomic E-state index is -0.177. The summed E-state index contributed by atoms with van der Waals surface area (Å²) >= 11 is 0. The molecule has 4 heteroatoms. The molecule has 4 nitrogen and oxygen atoms in total. The fourth-order valence-corrected chi connectivity index (χ4v) is 2.59. The van der Waals surface area contributed by atoms with Gasteiger partial charge < -0.3 is 10.6 Å². The molecule has 1 amide bonds. The van der Waals surface area contributed by atoms with E-state index >= 15 is 0 Å². The number of rotatable bonds is 5. The molecule has 0 aliphatic rings. The SMILES string of the molecule is Cc1cccc(CNC(=O)c2ccc(Nc3cccc(C)c3)cn2)c1. The molecule has 0 radical (unpaired) electrons. The number of pyridine rings is 1. The van der Waals surface area contributed by atoms with Crippen LogP contribution < -0.4 is 10.6 Å². The Bertz CT molecular complexity index is 872. The van der Waals surface area contributed by atoms with E-state index in [-0.39, 0.29) is 5.91 Å². The molecule has 3 aromatic rings. The highest BCUT2D eigenvalue weighted by atomic mass is 16.1. The summed E-state index contributed by atoms with van der Waals surface area (Å²) in [6, 6.07) is 19.8.